The first-order valence-corrected chi connectivity index (χ1v) is 10.0. The van der Waals surface area contributed by atoms with Crippen LogP contribution in [0, 0.1) is 5.82 Å². The summed E-state index contributed by atoms with van der Waals surface area (Å²) in [4.78, 5) is 1.87. The van der Waals surface area contributed by atoms with Crippen LogP contribution in [-0.4, -0.2) is 24.2 Å². The molecule has 3 aromatic carbocycles. The van der Waals surface area contributed by atoms with Gasteiger partial charge in [0.05, 0.1) is 14.2 Å². The summed E-state index contributed by atoms with van der Waals surface area (Å²) in [5.74, 6) is 0.833. The van der Waals surface area contributed by atoms with E-state index >= 15 is 0 Å². The van der Waals surface area contributed by atoms with Gasteiger partial charge in [-0.15, -0.1) is 0 Å². The summed E-state index contributed by atoms with van der Waals surface area (Å²) in [7, 11) is 3.15. The van der Waals surface area contributed by atoms with Crippen LogP contribution in [-0.2, 0) is 13.1 Å². The molecule has 30 heavy (non-hydrogen) atoms. The topological polar surface area (TPSA) is 33.7 Å². The van der Waals surface area contributed by atoms with Crippen molar-refractivity contribution in [3.05, 3.63) is 88.7 Å². The van der Waals surface area contributed by atoms with E-state index in [-0.39, 0.29) is 12.4 Å². The second kappa shape index (κ2) is 10.3. The Labute approximate surface area is 186 Å². The van der Waals surface area contributed by atoms with Gasteiger partial charge in [0.1, 0.15) is 5.82 Å². The van der Waals surface area contributed by atoms with Gasteiger partial charge in [0.15, 0.2) is 16.6 Å². The SMILES string of the molecule is COc1ccc(NC(=S)N(Cc2ccccc2)Cc2c(F)cccc2Cl)cc1OC. The van der Waals surface area contributed by atoms with Crippen molar-refractivity contribution in [3.8, 4) is 11.5 Å². The summed E-state index contributed by atoms with van der Waals surface area (Å²) in [5, 5.41) is 4.00. The third-order valence-electron chi connectivity index (χ3n) is 4.55. The standard InChI is InChI=1S/C23H22ClFN2O2S/c1-28-21-12-11-17(13-22(21)29-2)26-23(30)27(14-16-7-4-3-5-8-16)15-18-19(24)9-6-10-20(18)25/h3-13H,14-15H2,1-2H3,(H,26,30). The largest absolute Gasteiger partial charge is 0.493 e. The molecule has 0 unspecified atom stereocenters. The lowest BCUT2D eigenvalue weighted by Gasteiger charge is -2.27. The average Bonchev–Trinajstić information content (AvgIpc) is 2.76. The lowest BCUT2D eigenvalue weighted by molar-refractivity contribution is 0.355. The van der Waals surface area contributed by atoms with Crippen molar-refractivity contribution in [3.63, 3.8) is 0 Å². The molecule has 0 aliphatic heterocycles. The molecule has 3 rings (SSSR count). The zero-order valence-electron chi connectivity index (χ0n) is 16.7. The summed E-state index contributed by atoms with van der Waals surface area (Å²) in [5.41, 5.74) is 2.17. The van der Waals surface area contributed by atoms with E-state index in [9.17, 15) is 4.39 Å². The van der Waals surface area contributed by atoms with Crippen LogP contribution in [0.5, 0.6) is 11.5 Å². The molecule has 4 nitrogen and oxygen atoms in total. The number of rotatable bonds is 7. The molecule has 0 aliphatic carbocycles. The summed E-state index contributed by atoms with van der Waals surface area (Å²) >= 11 is 11.9. The molecule has 0 bridgehead atoms. The fourth-order valence-electron chi connectivity index (χ4n) is 2.99. The average molecular weight is 445 g/mol. The van der Waals surface area contributed by atoms with Crippen LogP contribution in [0.2, 0.25) is 5.02 Å². The lowest BCUT2D eigenvalue weighted by Crippen LogP contribution is -2.34. The van der Waals surface area contributed by atoms with Gasteiger partial charge in [-0.3, -0.25) is 0 Å². The van der Waals surface area contributed by atoms with E-state index in [1.165, 1.54) is 6.07 Å². The van der Waals surface area contributed by atoms with Crippen LogP contribution in [0.3, 0.4) is 0 Å². The van der Waals surface area contributed by atoms with Crippen LogP contribution in [0.25, 0.3) is 0 Å². The zero-order chi connectivity index (χ0) is 21.5. The molecule has 0 spiro atoms. The van der Waals surface area contributed by atoms with Gasteiger partial charge in [0.2, 0.25) is 0 Å². The third-order valence-corrected chi connectivity index (χ3v) is 5.26. The molecule has 0 radical (unpaired) electrons. The quantitative estimate of drug-likeness (QED) is 0.459. The van der Waals surface area contributed by atoms with Crippen molar-refractivity contribution < 1.29 is 13.9 Å². The van der Waals surface area contributed by atoms with E-state index in [0.717, 1.165) is 11.3 Å². The van der Waals surface area contributed by atoms with E-state index in [4.69, 9.17) is 33.3 Å². The summed E-state index contributed by atoms with van der Waals surface area (Å²) in [6.45, 7) is 0.712. The maximum Gasteiger partial charge on any atom is 0.174 e. The molecular weight excluding hydrogens is 423 g/mol. The van der Waals surface area contributed by atoms with Gasteiger partial charge in [-0.1, -0.05) is 48.0 Å². The molecule has 0 saturated heterocycles. The Morgan fingerprint density at radius 3 is 2.37 bits per heavy atom. The number of methoxy groups -OCH3 is 2. The zero-order valence-corrected chi connectivity index (χ0v) is 18.3. The van der Waals surface area contributed by atoms with E-state index in [2.05, 4.69) is 5.32 Å². The Hall–Kier alpha value is -2.83. The molecule has 156 valence electrons. The monoisotopic (exact) mass is 444 g/mol. The van der Waals surface area contributed by atoms with Crippen LogP contribution in [0.15, 0.2) is 66.7 Å². The van der Waals surface area contributed by atoms with Gasteiger partial charge in [-0.25, -0.2) is 4.39 Å². The van der Waals surface area contributed by atoms with Crippen LogP contribution < -0.4 is 14.8 Å². The number of nitrogens with one attached hydrogen (secondary N) is 1. The summed E-state index contributed by atoms with van der Waals surface area (Å²) < 4.78 is 25.0. The van der Waals surface area contributed by atoms with Crippen LogP contribution in [0.4, 0.5) is 10.1 Å². The first-order valence-electron chi connectivity index (χ1n) is 9.26. The first-order chi connectivity index (χ1) is 14.5. The minimum atomic E-state index is -0.366. The minimum absolute atomic E-state index is 0.222. The molecule has 0 fully saturated rings. The number of thiocarbonyl (C=S) groups is 1. The normalized spacial score (nSPS) is 10.4. The Morgan fingerprint density at radius 2 is 1.70 bits per heavy atom. The Balaban J connectivity index is 1.86. The van der Waals surface area contributed by atoms with E-state index in [0.29, 0.717) is 33.7 Å². The van der Waals surface area contributed by atoms with Gasteiger partial charge >= 0.3 is 0 Å². The molecule has 0 amide bonds. The van der Waals surface area contributed by atoms with Gasteiger partial charge < -0.3 is 19.7 Å². The third kappa shape index (κ3) is 5.40. The second-order valence-electron chi connectivity index (χ2n) is 6.54. The highest BCUT2D eigenvalue weighted by Gasteiger charge is 2.17. The van der Waals surface area contributed by atoms with Crippen molar-refractivity contribution in [2.75, 3.05) is 19.5 Å². The molecule has 0 heterocycles. The summed E-state index contributed by atoms with van der Waals surface area (Å²) in [6.07, 6.45) is 0. The summed E-state index contributed by atoms with van der Waals surface area (Å²) in [6, 6.07) is 19.9. The first kappa shape index (κ1) is 21.9. The fraction of sp³-hybridized carbons (Fsp3) is 0.174. The van der Waals surface area contributed by atoms with Gasteiger partial charge in [-0.05, 0) is 42.0 Å². The van der Waals surface area contributed by atoms with Crippen molar-refractivity contribution >= 4 is 34.6 Å². The molecule has 1 N–H and O–H groups in total. The van der Waals surface area contributed by atoms with E-state index < -0.39 is 0 Å². The molecular formula is C23H22ClFN2O2S. The van der Waals surface area contributed by atoms with E-state index in [1.807, 2.05) is 41.3 Å². The highest BCUT2D eigenvalue weighted by Crippen LogP contribution is 2.30. The molecule has 0 atom stereocenters. The van der Waals surface area contributed by atoms with Gasteiger partial charge in [-0.2, -0.15) is 0 Å². The maximum atomic E-state index is 14.4. The second-order valence-corrected chi connectivity index (χ2v) is 7.34. The number of halogens is 2. The molecule has 0 saturated carbocycles. The van der Waals surface area contributed by atoms with Crippen molar-refractivity contribution in [1.82, 2.24) is 4.90 Å². The fourth-order valence-corrected chi connectivity index (χ4v) is 3.46. The highest BCUT2D eigenvalue weighted by atomic mass is 35.5. The molecule has 3 aromatic rings. The molecule has 0 aliphatic rings. The van der Waals surface area contributed by atoms with Gasteiger partial charge in [0.25, 0.3) is 0 Å². The van der Waals surface area contributed by atoms with Crippen molar-refractivity contribution in [1.29, 1.82) is 0 Å². The molecule has 7 heteroatoms. The van der Waals surface area contributed by atoms with Gasteiger partial charge in [0, 0.05) is 35.4 Å². The highest BCUT2D eigenvalue weighted by molar-refractivity contribution is 7.80. The number of anilines is 1. The maximum absolute atomic E-state index is 14.4. The number of nitrogens with zero attached hydrogens (tertiary/aromatic N) is 1. The number of benzene rings is 3. The van der Waals surface area contributed by atoms with Crippen molar-refractivity contribution in [2.24, 2.45) is 0 Å². The predicted molar refractivity (Wildman–Crippen MR) is 123 cm³/mol. The number of ether oxygens (including phenoxy) is 2. The number of hydrogen-bond donors (Lipinski definition) is 1. The Kier molecular flexibility index (Phi) is 7.49. The molecule has 0 aromatic heterocycles. The van der Waals surface area contributed by atoms with E-state index in [1.54, 1.807) is 38.5 Å². The Bertz CT molecular complexity index is 997. The lowest BCUT2D eigenvalue weighted by atomic mass is 10.1. The minimum Gasteiger partial charge on any atom is -0.493 e. The predicted octanol–water partition coefficient (Wildman–Crippen LogP) is 5.90. The smallest absolute Gasteiger partial charge is 0.174 e. The van der Waals surface area contributed by atoms with Crippen LogP contribution in [0.1, 0.15) is 11.1 Å². The van der Waals surface area contributed by atoms with Crippen molar-refractivity contribution in [2.45, 2.75) is 13.1 Å². The Morgan fingerprint density at radius 1 is 0.967 bits per heavy atom. The van der Waals surface area contributed by atoms with Crippen LogP contribution >= 0.6 is 23.8 Å². The number of hydrogen-bond acceptors (Lipinski definition) is 3.